The summed E-state index contributed by atoms with van der Waals surface area (Å²) in [6, 6.07) is 0. The number of rotatable bonds is 2. The van der Waals surface area contributed by atoms with Gasteiger partial charge in [-0.05, 0) is 6.92 Å². The fraction of sp³-hybridized carbons (Fsp3) is 0.429. The first-order valence-electron chi connectivity index (χ1n) is 3.51. The van der Waals surface area contributed by atoms with Gasteiger partial charge in [0.2, 0.25) is 0 Å². The lowest BCUT2D eigenvalue weighted by Crippen LogP contribution is -2.10. The lowest BCUT2D eigenvalue weighted by molar-refractivity contribution is 1.08. The van der Waals surface area contributed by atoms with Gasteiger partial charge in [-0.15, -0.1) is 0 Å². The maximum atomic E-state index is 7.26. The molecule has 1 aromatic rings. The molecule has 0 radical (unpaired) electrons. The Morgan fingerprint density at radius 2 is 2.17 bits per heavy atom. The molecule has 0 aliphatic carbocycles. The van der Waals surface area contributed by atoms with Gasteiger partial charge in [0.15, 0.2) is 5.13 Å². The average Bonchev–Trinajstić information content (AvgIpc) is 2.30. The van der Waals surface area contributed by atoms with E-state index < -0.39 is 0 Å². The minimum atomic E-state index is 0.0955. The molecule has 0 aliphatic rings. The first-order valence-corrected chi connectivity index (χ1v) is 4.33. The monoisotopic (exact) mass is 184 g/mol. The van der Waals surface area contributed by atoms with E-state index in [4.69, 9.17) is 11.1 Å². The van der Waals surface area contributed by atoms with Crippen LogP contribution >= 0.6 is 11.3 Å². The van der Waals surface area contributed by atoms with Gasteiger partial charge < -0.3 is 10.6 Å². The minimum absolute atomic E-state index is 0.0955. The number of nitrogens with one attached hydrogen (secondary N) is 1. The van der Waals surface area contributed by atoms with E-state index in [1.807, 2.05) is 25.9 Å². The van der Waals surface area contributed by atoms with Crippen LogP contribution in [0.15, 0.2) is 0 Å². The quantitative estimate of drug-likeness (QED) is 0.528. The number of anilines is 1. The Bertz CT molecular complexity index is 302. The summed E-state index contributed by atoms with van der Waals surface area (Å²) in [5.74, 6) is 0.0955. The third-order valence-corrected chi connectivity index (χ3v) is 2.77. The van der Waals surface area contributed by atoms with Crippen LogP contribution in [0.1, 0.15) is 10.6 Å². The van der Waals surface area contributed by atoms with Crippen molar-refractivity contribution >= 4 is 22.3 Å². The molecule has 0 unspecified atom stereocenters. The summed E-state index contributed by atoms with van der Waals surface area (Å²) in [7, 11) is 3.84. The standard InChI is InChI=1S/C7H12N4S/c1-4-5(6(8)9)12-7(10-4)11(2)3/h1-3H3,(H3,8,9). The van der Waals surface area contributed by atoms with Crippen LogP contribution < -0.4 is 10.6 Å². The van der Waals surface area contributed by atoms with Crippen LogP contribution in [0.25, 0.3) is 0 Å². The van der Waals surface area contributed by atoms with Crippen molar-refractivity contribution in [3.8, 4) is 0 Å². The fourth-order valence-corrected chi connectivity index (χ4v) is 1.67. The molecule has 5 heteroatoms. The second-order valence-electron chi connectivity index (χ2n) is 2.72. The maximum Gasteiger partial charge on any atom is 0.185 e. The zero-order valence-electron chi connectivity index (χ0n) is 7.38. The van der Waals surface area contributed by atoms with Crippen LogP contribution in [0.2, 0.25) is 0 Å². The van der Waals surface area contributed by atoms with Crippen LogP contribution in [0.3, 0.4) is 0 Å². The molecular formula is C7H12N4S. The van der Waals surface area contributed by atoms with Crippen LogP contribution in [0.4, 0.5) is 5.13 Å². The highest BCUT2D eigenvalue weighted by atomic mass is 32.1. The molecule has 0 aliphatic heterocycles. The molecule has 0 saturated heterocycles. The highest BCUT2D eigenvalue weighted by molar-refractivity contribution is 7.17. The molecule has 0 atom stereocenters. The van der Waals surface area contributed by atoms with Gasteiger partial charge in [0.1, 0.15) is 5.84 Å². The molecule has 1 rings (SSSR count). The molecule has 1 aromatic heterocycles. The lowest BCUT2D eigenvalue weighted by Gasteiger charge is -2.04. The van der Waals surface area contributed by atoms with E-state index in [0.717, 1.165) is 15.7 Å². The molecule has 4 nitrogen and oxygen atoms in total. The van der Waals surface area contributed by atoms with E-state index in [9.17, 15) is 0 Å². The first-order chi connectivity index (χ1) is 5.52. The molecule has 12 heavy (non-hydrogen) atoms. The predicted octanol–water partition coefficient (Wildman–Crippen LogP) is 0.802. The first kappa shape index (κ1) is 8.99. The van der Waals surface area contributed by atoms with Crippen LogP contribution in [0, 0.1) is 12.3 Å². The second kappa shape index (κ2) is 3.10. The van der Waals surface area contributed by atoms with Crippen molar-refractivity contribution in [2.24, 2.45) is 5.73 Å². The van der Waals surface area contributed by atoms with Crippen LogP contribution in [-0.2, 0) is 0 Å². The zero-order valence-corrected chi connectivity index (χ0v) is 8.20. The molecule has 0 fully saturated rings. The SMILES string of the molecule is Cc1nc(N(C)C)sc1C(=N)N. The van der Waals surface area contributed by atoms with Crippen molar-refractivity contribution in [2.45, 2.75) is 6.92 Å². The Morgan fingerprint density at radius 1 is 1.58 bits per heavy atom. The largest absolute Gasteiger partial charge is 0.383 e. The molecular weight excluding hydrogens is 172 g/mol. The molecule has 66 valence electrons. The normalized spacial score (nSPS) is 9.92. The summed E-state index contributed by atoms with van der Waals surface area (Å²) in [5, 5.41) is 8.15. The predicted molar refractivity (Wildman–Crippen MR) is 52.2 cm³/mol. The van der Waals surface area contributed by atoms with Gasteiger partial charge >= 0.3 is 0 Å². The minimum Gasteiger partial charge on any atom is -0.383 e. The summed E-state index contributed by atoms with van der Waals surface area (Å²) in [4.78, 5) is 6.92. The Hall–Kier alpha value is -1.10. The van der Waals surface area contributed by atoms with E-state index in [1.165, 1.54) is 11.3 Å². The van der Waals surface area contributed by atoms with Crippen molar-refractivity contribution in [2.75, 3.05) is 19.0 Å². The third kappa shape index (κ3) is 1.55. The molecule has 3 N–H and O–H groups in total. The van der Waals surface area contributed by atoms with E-state index in [1.54, 1.807) is 0 Å². The van der Waals surface area contributed by atoms with Gasteiger partial charge in [-0.3, -0.25) is 5.41 Å². The van der Waals surface area contributed by atoms with E-state index >= 15 is 0 Å². The van der Waals surface area contributed by atoms with Gasteiger partial charge in [-0.25, -0.2) is 4.98 Å². The second-order valence-corrected chi connectivity index (χ2v) is 3.70. The average molecular weight is 184 g/mol. The maximum absolute atomic E-state index is 7.26. The Labute approximate surface area is 75.5 Å². The van der Waals surface area contributed by atoms with Crippen molar-refractivity contribution in [1.82, 2.24) is 4.98 Å². The van der Waals surface area contributed by atoms with Crippen molar-refractivity contribution in [3.05, 3.63) is 10.6 Å². The van der Waals surface area contributed by atoms with Gasteiger partial charge in [0, 0.05) is 14.1 Å². The Balaban J connectivity index is 3.09. The smallest absolute Gasteiger partial charge is 0.185 e. The number of nitrogens with zero attached hydrogens (tertiary/aromatic N) is 2. The number of aryl methyl sites for hydroxylation is 1. The lowest BCUT2D eigenvalue weighted by atomic mass is 10.4. The summed E-state index contributed by atoms with van der Waals surface area (Å²) >= 11 is 1.44. The Kier molecular flexibility index (Phi) is 2.32. The van der Waals surface area contributed by atoms with Crippen molar-refractivity contribution in [3.63, 3.8) is 0 Å². The highest BCUT2D eigenvalue weighted by Gasteiger charge is 2.10. The van der Waals surface area contributed by atoms with E-state index in [0.29, 0.717) is 0 Å². The number of hydrogen-bond acceptors (Lipinski definition) is 4. The van der Waals surface area contributed by atoms with E-state index in [-0.39, 0.29) is 5.84 Å². The summed E-state index contributed by atoms with van der Waals surface area (Å²) in [6.07, 6.45) is 0. The fourth-order valence-electron chi connectivity index (χ4n) is 0.823. The topological polar surface area (TPSA) is 66.0 Å². The molecule has 0 saturated carbocycles. The molecule has 0 amide bonds. The van der Waals surface area contributed by atoms with Gasteiger partial charge in [-0.1, -0.05) is 11.3 Å². The van der Waals surface area contributed by atoms with Crippen molar-refractivity contribution in [1.29, 1.82) is 5.41 Å². The highest BCUT2D eigenvalue weighted by Crippen LogP contribution is 2.23. The number of amidine groups is 1. The Morgan fingerprint density at radius 3 is 2.42 bits per heavy atom. The molecule has 1 heterocycles. The molecule has 0 spiro atoms. The number of aromatic nitrogens is 1. The van der Waals surface area contributed by atoms with Gasteiger partial charge in [0.25, 0.3) is 0 Å². The summed E-state index contributed by atoms with van der Waals surface area (Å²) < 4.78 is 0. The number of nitrogen functional groups attached to an aromatic ring is 1. The van der Waals surface area contributed by atoms with Gasteiger partial charge in [0.05, 0.1) is 10.6 Å². The number of hydrogen-bond donors (Lipinski definition) is 2. The summed E-state index contributed by atoms with van der Waals surface area (Å²) in [5.41, 5.74) is 6.19. The van der Waals surface area contributed by atoms with Gasteiger partial charge in [-0.2, -0.15) is 0 Å². The van der Waals surface area contributed by atoms with Crippen molar-refractivity contribution < 1.29 is 0 Å². The molecule has 0 bridgehead atoms. The molecule has 0 aromatic carbocycles. The van der Waals surface area contributed by atoms with Crippen LogP contribution in [0.5, 0.6) is 0 Å². The van der Waals surface area contributed by atoms with Crippen LogP contribution in [-0.4, -0.2) is 24.9 Å². The number of nitrogens with two attached hydrogens (primary N) is 1. The summed E-state index contributed by atoms with van der Waals surface area (Å²) in [6.45, 7) is 1.86. The number of thiazole rings is 1. The zero-order chi connectivity index (χ0) is 9.30. The third-order valence-electron chi connectivity index (χ3n) is 1.41. The van der Waals surface area contributed by atoms with E-state index in [2.05, 4.69) is 4.98 Å².